The van der Waals surface area contributed by atoms with E-state index in [2.05, 4.69) is 11.0 Å². The van der Waals surface area contributed by atoms with Gasteiger partial charge in [0.25, 0.3) is 10.1 Å². The van der Waals surface area contributed by atoms with Gasteiger partial charge in [-0.05, 0) is 30.7 Å². The molecule has 0 amide bonds. The van der Waals surface area contributed by atoms with E-state index in [1.165, 1.54) is 0 Å². The van der Waals surface area contributed by atoms with Crippen molar-refractivity contribution in [2.24, 2.45) is 5.10 Å². The second-order valence-corrected chi connectivity index (χ2v) is 7.46. The number of hydrogen-bond donors (Lipinski definition) is 1. The van der Waals surface area contributed by atoms with Crippen LogP contribution in [-0.4, -0.2) is 56.1 Å². The van der Waals surface area contributed by atoms with Crippen molar-refractivity contribution in [3.63, 3.8) is 0 Å². The largest absolute Gasteiger partial charge is 0.497 e. The molecule has 26 heavy (non-hydrogen) atoms. The van der Waals surface area contributed by atoms with Crippen LogP contribution in [0.1, 0.15) is 19.3 Å². The number of methoxy groups -OCH3 is 1. The average molecular weight is 378 g/mol. The van der Waals surface area contributed by atoms with Crippen LogP contribution >= 0.6 is 0 Å². The van der Waals surface area contributed by atoms with Crippen molar-refractivity contribution < 1.29 is 22.3 Å². The van der Waals surface area contributed by atoms with Crippen LogP contribution in [0.5, 0.6) is 5.75 Å². The fourth-order valence-corrected chi connectivity index (χ4v) is 2.92. The lowest BCUT2D eigenvalue weighted by Gasteiger charge is -2.11. The molecule has 0 aromatic heterocycles. The third kappa shape index (κ3) is 6.84. The third-order valence-corrected chi connectivity index (χ3v) is 4.68. The minimum Gasteiger partial charge on any atom is -0.497 e. The fraction of sp³-hybridized carbons (Fsp3) is 0.389. The quantitative estimate of drug-likeness (QED) is 0.247. The maximum absolute atomic E-state index is 10.7. The first-order valence-electron chi connectivity index (χ1n) is 8.30. The number of hydrogen-bond acceptors (Lipinski definition) is 5. The van der Waals surface area contributed by atoms with E-state index in [1.54, 1.807) is 12.1 Å². The highest BCUT2D eigenvalue weighted by Gasteiger charge is 2.09. The summed E-state index contributed by atoms with van der Waals surface area (Å²) in [5, 5.41) is 6.06. The molecule has 7 nitrogen and oxygen atoms in total. The summed E-state index contributed by atoms with van der Waals surface area (Å²) in [5.74, 6) is 3.64. The molecule has 1 N–H and O–H groups in total. The van der Waals surface area contributed by atoms with Crippen molar-refractivity contribution >= 4 is 27.9 Å². The van der Waals surface area contributed by atoms with Crippen LogP contribution in [0.4, 0.5) is 5.69 Å². The number of hydrazone groups is 1. The molecule has 0 saturated heterocycles. The normalized spacial score (nSPS) is 13.8. The van der Waals surface area contributed by atoms with Crippen molar-refractivity contribution in [1.29, 1.82) is 0 Å². The van der Waals surface area contributed by atoms with Gasteiger partial charge in [-0.1, -0.05) is 0 Å². The highest BCUT2D eigenvalue weighted by Crippen LogP contribution is 2.18. The minimum absolute atomic E-state index is 0.194. The number of ether oxygens (including phenoxy) is 1. The lowest BCUT2D eigenvalue weighted by molar-refractivity contribution is -0.454. The molecular weight excluding hydrogens is 354 g/mol. The molecule has 0 fully saturated rings. The van der Waals surface area contributed by atoms with E-state index in [-0.39, 0.29) is 5.75 Å². The summed E-state index contributed by atoms with van der Waals surface area (Å²) in [7, 11) is -0.379. The average Bonchev–Trinajstić information content (AvgIpc) is 2.63. The molecule has 0 radical (unpaired) electrons. The molecule has 0 atom stereocenters. The molecule has 0 bridgehead atoms. The Morgan fingerprint density at radius 1 is 1.31 bits per heavy atom. The number of anilines is 1. The highest BCUT2D eigenvalue weighted by atomic mass is 32.2. The van der Waals surface area contributed by atoms with Crippen LogP contribution in [0, 0.1) is 0 Å². The van der Waals surface area contributed by atoms with E-state index >= 15 is 0 Å². The van der Waals surface area contributed by atoms with Crippen LogP contribution in [-0.2, 0) is 10.1 Å². The Labute approximate surface area is 154 Å². The monoisotopic (exact) mass is 378 g/mol. The molecule has 1 aromatic rings. The second kappa shape index (κ2) is 9.33. The Kier molecular flexibility index (Phi) is 7.15. The van der Waals surface area contributed by atoms with Crippen molar-refractivity contribution in [1.82, 2.24) is 0 Å². The third-order valence-electron chi connectivity index (χ3n) is 3.87. The summed E-state index contributed by atoms with van der Waals surface area (Å²) in [6, 6.07) is 7.60. The summed E-state index contributed by atoms with van der Waals surface area (Å²) >= 11 is 0. The standard InChI is InChI=1S/C18H23N3O4S/c1-20(17-5-7-18(25-2)8-6-17)19-15-16-9-12-21(13-10-16)11-3-4-14-26(22,23)24/h5-9,12-13H,3-4,10-11,14H2,1-2H3/p+1. The minimum atomic E-state index is -3.86. The Morgan fingerprint density at radius 2 is 2.04 bits per heavy atom. The number of nitrogens with zero attached hydrogens (tertiary/aromatic N) is 3. The van der Waals surface area contributed by atoms with Crippen molar-refractivity contribution in [2.45, 2.75) is 19.3 Å². The zero-order valence-electron chi connectivity index (χ0n) is 15.0. The lowest BCUT2D eigenvalue weighted by atomic mass is 10.2. The lowest BCUT2D eigenvalue weighted by Crippen LogP contribution is -2.13. The van der Waals surface area contributed by atoms with E-state index in [0.717, 1.165) is 17.0 Å². The van der Waals surface area contributed by atoms with Crippen molar-refractivity contribution in [3.8, 4) is 5.75 Å². The molecule has 1 heterocycles. The van der Waals surface area contributed by atoms with Gasteiger partial charge >= 0.3 is 0 Å². The highest BCUT2D eigenvalue weighted by molar-refractivity contribution is 7.85. The molecule has 1 aromatic carbocycles. The predicted octanol–water partition coefficient (Wildman–Crippen LogP) is 2.31. The summed E-state index contributed by atoms with van der Waals surface area (Å²) in [5.41, 5.74) is 1.89. The molecule has 8 heteroatoms. The van der Waals surface area contributed by atoms with Gasteiger partial charge < -0.3 is 4.74 Å². The Hall–Kier alpha value is -2.41. The number of allylic oxidation sites excluding steroid dienone is 2. The topological polar surface area (TPSA) is 82.2 Å². The van der Waals surface area contributed by atoms with Crippen molar-refractivity contribution in [2.75, 3.05) is 31.5 Å². The maximum Gasteiger partial charge on any atom is 0.264 e. The molecule has 2 rings (SSSR count). The zero-order valence-corrected chi connectivity index (χ0v) is 15.8. The Morgan fingerprint density at radius 3 is 2.62 bits per heavy atom. The van der Waals surface area contributed by atoms with Crippen LogP contribution in [0.3, 0.4) is 0 Å². The molecule has 0 unspecified atom stereocenters. The second-order valence-electron chi connectivity index (χ2n) is 5.89. The number of rotatable bonds is 8. The van der Waals surface area contributed by atoms with Gasteiger partial charge in [0.2, 0.25) is 0 Å². The zero-order chi connectivity index (χ0) is 19.0. The van der Waals surface area contributed by atoms with Crippen LogP contribution in [0.2, 0.25) is 0 Å². The summed E-state index contributed by atoms with van der Waals surface area (Å²) in [6.07, 6.45) is 7.70. The van der Waals surface area contributed by atoms with E-state index in [4.69, 9.17) is 9.29 Å². The number of unbranched alkanes of at least 4 members (excludes halogenated alkanes) is 1. The van der Waals surface area contributed by atoms with Crippen LogP contribution in [0.15, 0.2) is 47.2 Å². The molecule has 0 aliphatic carbocycles. The first-order valence-corrected chi connectivity index (χ1v) is 9.91. The smallest absolute Gasteiger partial charge is 0.264 e. The van der Waals surface area contributed by atoms with E-state index < -0.39 is 10.1 Å². The first-order chi connectivity index (χ1) is 12.4. The summed E-state index contributed by atoms with van der Waals surface area (Å²) < 4.78 is 37.2. The molecule has 0 saturated carbocycles. The molecule has 140 valence electrons. The summed E-state index contributed by atoms with van der Waals surface area (Å²) in [4.78, 5) is 0. The van der Waals surface area contributed by atoms with Gasteiger partial charge in [0, 0.05) is 31.0 Å². The van der Waals surface area contributed by atoms with E-state index in [9.17, 15) is 8.42 Å². The molecular formula is C18H24N3O4S+. The predicted molar refractivity (Wildman–Crippen MR) is 103 cm³/mol. The van der Waals surface area contributed by atoms with Gasteiger partial charge in [-0.15, -0.1) is 5.10 Å². The molecule has 1 aliphatic heterocycles. The number of benzene rings is 1. The van der Waals surface area contributed by atoms with Gasteiger partial charge in [0.1, 0.15) is 18.5 Å². The van der Waals surface area contributed by atoms with E-state index in [0.29, 0.717) is 25.8 Å². The first kappa shape index (κ1) is 19.9. The molecule has 1 aliphatic rings. The van der Waals surface area contributed by atoms with Gasteiger partial charge in [0.05, 0.1) is 25.0 Å². The Bertz CT molecular complexity index is 836. The van der Waals surface area contributed by atoms with Crippen LogP contribution < -0.4 is 9.75 Å². The maximum atomic E-state index is 10.7. The Balaban J connectivity index is 1.86. The SMILES string of the molecule is COc1ccc(N(C)N=C=C2C=C[N+](CCCCS(=O)(=O)O)=CC2)cc1. The fourth-order valence-electron chi connectivity index (χ4n) is 2.35. The van der Waals surface area contributed by atoms with E-state index in [1.807, 2.05) is 54.4 Å². The molecule has 0 spiro atoms. The van der Waals surface area contributed by atoms with Gasteiger partial charge in [-0.25, -0.2) is 4.58 Å². The van der Waals surface area contributed by atoms with Gasteiger partial charge in [-0.2, -0.15) is 8.42 Å². The summed E-state index contributed by atoms with van der Waals surface area (Å²) in [6.45, 7) is 0.711. The van der Waals surface area contributed by atoms with Gasteiger partial charge in [-0.3, -0.25) is 9.56 Å². The van der Waals surface area contributed by atoms with Crippen LogP contribution in [0.25, 0.3) is 0 Å². The van der Waals surface area contributed by atoms with Crippen molar-refractivity contribution in [3.05, 3.63) is 42.1 Å². The van der Waals surface area contributed by atoms with Gasteiger partial charge in [0.15, 0.2) is 6.20 Å².